The van der Waals surface area contributed by atoms with Crippen LogP contribution in [0.4, 0.5) is 4.39 Å². The first-order chi connectivity index (χ1) is 13.5. The van der Waals surface area contributed by atoms with Crippen molar-refractivity contribution in [3.63, 3.8) is 0 Å². The third kappa shape index (κ3) is 5.44. The van der Waals surface area contributed by atoms with E-state index in [1.165, 1.54) is 37.4 Å². The molecule has 148 valence electrons. The van der Waals surface area contributed by atoms with Gasteiger partial charge in [-0.25, -0.2) is 4.39 Å². The highest BCUT2D eigenvalue weighted by Crippen LogP contribution is 2.27. The van der Waals surface area contributed by atoms with Crippen molar-refractivity contribution >= 4 is 17.7 Å². The molecule has 0 heterocycles. The van der Waals surface area contributed by atoms with Crippen LogP contribution in [-0.2, 0) is 4.79 Å². The van der Waals surface area contributed by atoms with Gasteiger partial charge in [0.2, 0.25) is 0 Å². The molecule has 2 aromatic rings. The van der Waals surface area contributed by atoms with Crippen molar-refractivity contribution < 1.29 is 28.2 Å². The Balaban J connectivity index is 1.86. The maximum Gasteiger partial charge on any atom is 0.269 e. The first kappa shape index (κ1) is 20.7. The van der Waals surface area contributed by atoms with Crippen molar-refractivity contribution in [3.8, 4) is 11.5 Å². The predicted molar refractivity (Wildman–Crippen MR) is 98.5 cm³/mol. The summed E-state index contributed by atoms with van der Waals surface area (Å²) in [6.45, 7) is 1.82. The first-order valence-corrected chi connectivity index (χ1v) is 8.39. The van der Waals surface area contributed by atoms with Crippen LogP contribution in [-0.4, -0.2) is 38.0 Å². The zero-order valence-electron chi connectivity index (χ0n) is 15.4. The van der Waals surface area contributed by atoms with Gasteiger partial charge in [0.25, 0.3) is 17.7 Å². The van der Waals surface area contributed by atoms with Gasteiger partial charge in [-0.2, -0.15) is 0 Å². The number of hydrazine groups is 1. The van der Waals surface area contributed by atoms with Crippen LogP contribution in [0.5, 0.6) is 11.5 Å². The number of hydrogen-bond donors (Lipinski definition) is 3. The molecule has 2 aromatic carbocycles. The quantitative estimate of drug-likeness (QED) is 0.621. The van der Waals surface area contributed by atoms with E-state index in [0.717, 1.165) is 6.07 Å². The van der Waals surface area contributed by atoms with E-state index >= 15 is 0 Å². The van der Waals surface area contributed by atoms with Crippen molar-refractivity contribution in [3.05, 3.63) is 59.4 Å². The van der Waals surface area contributed by atoms with Gasteiger partial charge in [-0.1, -0.05) is 12.1 Å². The second-order valence-corrected chi connectivity index (χ2v) is 5.46. The molecule has 0 aliphatic heterocycles. The molecule has 0 saturated carbocycles. The Morgan fingerprint density at radius 3 is 2.43 bits per heavy atom. The fourth-order valence-corrected chi connectivity index (χ4v) is 2.23. The summed E-state index contributed by atoms with van der Waals surface area (Å²) in [6, 6.07) is 9.94. The van der Waals surface area contributed by atoms with Crippen molar-refractivity contribution in [2.75, 3.05) is 20.3 Å². The van der Waals surface area contributed by atoms with Gasteiger partial charge in [-0.15, -0.1) is 0 Å². The Kier molecular flexibility index (Phi) is 7.32. The molecule has 0 spiro atoms. The van der Waals surface area contributed by atoms with Crippen LogP contribution in [0.1, 0.15) is 27.6 Å². The number of hydrogen-bond acceptors (Lipinski definition) is 5. The van der Waals surface area contributed by atoms with Crippen LogP contribution < -0.4 is 25.6 Å². The highest BCUT2D eigenvalue weighted by atomic mass is 19.1. The molecule has 0 fully saturated rings. The lowest BCUT2D eigenvalue weighted by molar-refractivity contribution is -0.120. The Hall–Kier alpha value is -3.62. The van der Waals surface area contributed by atoms with E-state index in [-0.39, 0.29) is 11.1 Å². The standard InChI is InChI=1S/C19H20FN3O5/c1-3-28-15-9-8-12(10-16(15)27-2)18(25)23-22-17(24)11-21-19(26)13-6-4-5-7-14(13)20/h4-10H,3,11H2,1-2H3,(H,21,26)(H,22,24)(H,23,25). The molecule has 0 aliphatic rings. The van der Waals surface area contributed by atoms with E-state index in [2.05, 4.69) is 16.2 Å². The highest BCUT2D eigenvalue weighted by Gasteiger charge is 2.14. The summed E-state index contributed by atoms with van der Waals surface area (Å²) in [7, 11) is 1.44. The van der Waals surface area contributed by atoms with Gasteiger partial charge in [-0.05, 0) is 37.3 Å². The summed E-state index contributed by atoms with van der Waals surface area (Å²) in [5.74, 6) is -1.85. The smallest absolute Gasteiger partial charge is 0.269 e. The Bertz CT molecular complexity index is 872. The van der Waals surface area contributed by atoms with Crippen molar-refractivity contribution in [2.45, 2.75) is 6.92 Å². The average molecular weight is 389 g/mol. The molecule has 28 heavy (non-hydrogen) atoms. The molecule has 3 N–H and O–H groups in total. The predicted octanol–water partition coefficient (Wildman–Crippen LogP) is 1.42. The van der Waals surface area contributed by atoms with E-state index in [9.17, 15) is 18.8 Å². The molecular weight excluding hydrogens is 369 g/mol. The van der Waals surface area contributed by atoms with Crippen LogP contribution >= 0.6 is 0 Å². The monoisotopic (exact) mass is 389 g/mol. The molecule has 0 atom stereocenters. The second-order valence-electron chi connectivity index (χ2n) is 5.46. The van der Waals surface area contributed by atoms with Gasteiger partial charge in [0.15, 0.2) is 11.5 Å². The van der Waals surface area contributed by atoms with Crippen LogP contribution in [0.15, 0.2) is 42.5 Å². The molecule has 0 bridgehead atoms. The number of carbonyl (C=O) groups excluding carboxylic acids is 3. The topological polar surface area (TPSA) is 106 Å². The molecule has 0 unspecified atom stereocenters. The normalized spacial score (nSPS) is 9.96. The van der Waals surface area contributed by atoms with Crippen LogP contribution in [0.2, 0.25) is 0 Å². The van der Waals surface area contributed by atoms with Gasteiger partial charge >= 0.3 is 0 Å². The molecule has 0 saturated heterocycles. The molecule has 2 rings (SSSR count). The number of methoxy groups -OCH3 is 1. The number of carbonyl (C=O) groups is 3. The van der Waals surface area contributed by atoms with Crippen LogP contribution in [0, 0.1) is 5.82 Å². The lowest BCUT2D eigenvalue weighted by atomic mass is 10.2. The molecule has 0 aromatic heterocycles. The Labute approximate surface area is 161 Å². The van der Waals surface area contributed by atoms with Crippen molar-refractivity contribution in [1.29, 1.82) is 0 Å². The molecule has 8 nitrogen and oxygen atoms in total. The number of benzene rings is 2. The molecule has 0 aliphatic carbocycles. The van der Waals surface area contributed by atoms with Gasteiger partial charge in [0, 0.05) is 5.56 Å². The van der Waals surface area contributed by atoms with Gasteiger partial charge < -0.3 is 14.8 Å². The minimum atomic E-state index is -0.740. The number of amides is 3. The lowest BCUT2D eigenvalue weighted by Gasteiger charge is -2.12. The molecular formula is C19H20FN3O5. The Morgan fingerprint density at radius 2 is 1.75 bits per heavy atom. The highest BCUT2D eigenvalue weighted by molar-refractivity contribution is 5.98. The van der Waals surface area contributed by atoms with E-state index in [0.29, 0.717) is 18.1 Å². The van der Waals surface area contributed by atoms with E-state index in [4.69, 9.17) is 9.47 Å². The number of halogens is 1. The third-order valence-electron chi connectivity index (χ3n) is 3.57. The van der Waals surface area contributed by atoms with E-state index in [1.54, 1.807) is 6.07 Å². The third-order valence-corrected chi connectivity index (χ3v) is 3.57. The maximum absolute atomic E-state index is 13.5. The Morgan fingerprint density at radius 1 is 1.00 bits per heavy atom. The van der Waals surface area contributed by atoms with Gasteiger partial charge in [0.05, 0.1) is 25.8 Å². The summed E-state index contributed by atoms with van der Waals surface area (Å²) < 4.78 is 24.0. The zero-order valence-corrected chi connectivity index (χ0v) is 15.4. The second kappa shape index (κ2) is 9.91. The fraction of sp³-hybridized carbons (Fsp3) is 0.211. The number of ether oxygens (including phenoxy) is 2. The largest absolute Gasteiger partial charge is 0.493 e. The molecule has 9 heteroatoms. The van der Waals surface area contributed by atoms with Crippen molar-refractivity contribution in [1.82, 2.24) is 16.2 Å². The average Bonchev–Trinajstić information content (AvgIpc) is 2.71. The molecule has 0 radical (unpaired) electrons. The SMILES string of the molecule is CCOc1ccc(C(=O)NNC(=O)CNC(=O)c2ccccc2F)cc1OC. The van der Waals surface area contributed by atoms with Crippen LogP contribution in [0.3, 0.4) is 0 Å². The minimum Gasteiger partial charge on any atom is -0.493 e. The first-order valence-electron chi connectivity index (χ1n) is 8.39. The van der Waals surface area contributed by atoms with Crippen molar-refractivity contribution in [2.24, 2.45) is 0 Å². The number of nitrogens with one attached hydrogen (secondary N) is 3. The lowest BCUT2D eigenvalue weighted by Crippen LogP contribution is -2.46. The minimum absolute atomic E-state index is 0.180. The van der Waals surface area contributed by atoms with E-state index < -0.39 is 30.1 Å². The maximum atomic E-state index is 13.5. The summed E-state index contributed by atoms with van der Waals surface area (Å²) in [5, 5.41) is 2.26. The summed E-state index contributed by atoms with van der Waals surface area (Å²) >= 11 is 0. The van der Waals surface area contributed by atoms with Crippen LogP contribution in [0.25, 0.3) is 0 Å². The van der Waals surface area contributed by atoms with Gasteiger partial charge in [-0.3, -0.25) is 25.2 Å². The molecule has 3 amide bonds. The summed E-state index contributed by atoms with van der Waals surface area (Å²) in [5.41, 5.74) is 4.43. The zero-order chi connectivity index (χ0) is 20.5. The number of rotatable bonds is 7. The summed E-state index contributed by atoms with van der Waals surface area (Å²) in [6.07, 6.45) is 0. The van der Waals surface area contributed by atoms with Gasteiger partial charge in [0.1, 0.15) is 5.82 Å². The summed E-state index contributed by atoms with van der Waals surface area (Å²) in [4.78, 5) is 35.8. The van der Waals surface area contributed by atoms with E-state index in [1.807, 2.05) is 6.92 Å². The fourth-order valence-electron chi connectivity index (χ4n) is 2.23.